The van der Waals surface area contributed by atoms with Crippen molar-refractivity contribution in [3.63, 3.8) is 0 Å². The molecular weight excluding hydrogens is 497 g/mol. The highest BCUT2D eigenvalue weighted by atomic mass is 32.1. The molecule has 1 amide bonds. The topological polar surface area (TPSA) is 105 Å². The Hall–Kier alpha value is -3.51. The maximum Gasteiger partial charge on any atom is 0.295 e. The molecule has 12 heteroatoms. The van der Waals surface area contributed by atoms with Gasteiger partial charge in [0, 0.05) is 43.3 Å². The number of anilines is 3. The van der Waals surface area contributed by atoms with E-state index >= 15 is 0 Å². The van der Waals surface area contributed by atoms with Gasteiger partial charge in [0.15, 0.2) is 16.6 Å². The number of carbonyl (C=O) groups is 1. The van der Waals surface area contributed by atoms with Crippen molar-refractivity contribution in [2.45, 2.75) is 31.7 Å². The summed E-state index contributed by atoms with van der Waals surface area (Å²) < 4.78 is 26.5. The Morgan fingerprint density at radius 3 is 2.86 bits per heavy atom. The van der Waals surface area contributed by atoms with E-state index in [9.17, 15) is 9.18 Å². The summed E-state index contributed by atoms with van der Waals surface area (Å²) in [5.74, 6) is 0.0891. The summed E-state index contributed by atoms with van der Waals surface area (Å²) in [6, 6.07) is 5.43. The molecule has 3 aliphatic heterocycles. The van der Waals surface area contributed by atoms with Gasteiger partial charge >= 0.3 is 0 Å². The Labute approximate surface area is 217 Å². The lowest BCUT2D eigenvalue weighted by atomic mass is 10.0. The standard InChI is InChI=1S/C25H28FN7O3S/c1-16-13-17(4-5-27-16)25(28-6-10-36-25)23(34)29-19-14-20-21(30-22(19)33-7-2-3-18(26)15-33)31-24(37-20)32-8-11-35-12-9-32/h4-6,10,13-14,18,28H,2-3,7-9,11-12,15H2,1H3,(H,29,34)/t18?,25-/m0/s1. The Kier molecular flexibility index (Phi) is 6.29. The third-order valence-corrected chi connectivity index (χ3v) is 7.82. The molecule has 1 unspecified atom stereocenters. The van der Waals surface area contributed by atoms with Crippen molar-refractivity contribution in [1.82, 2.24) is 20.3 Å². The molecule has 0 bridgehead atoms. The number of thiazole rings is 1. The molecule has 2 N–H and O–H groups in total. The first-order chi connectivity index (χ1) is 18.0. The van der Waals surface area contributed by atoms with Crippen LogP contribution in [0.2, 0.25) is 0 Å². The van der Waals surface area contributed by atoms with Gasteiger partial charge in [-0.25, -0.2) is 9.37 Å². The zero-order valence-corrected chi connectivity index (χ0v) is 21.3. The number of aromatic nitrogens is 3. The molecule has 0 aromatic carbocycles. The number of piperidine rings is 1. The smallest absolute Gasteiger partial charge is 0.295 e. The van der Waals surface area contributed by atoms with Crippen LogP contribution in [0.15, 0.2) is 36.9 Å². The molecule has 2 saturated heterocycles. The highest BCUT2D eigenvalue weighted by Crippen LogP contribution is 2.37. The first-order valence-electron chi connectivity index (χ1n) is 12.4. The number of amides is 1. The minimum absolute atomic E-state index is 0.215. The van der Waals surface area contributed by atoms with Crippen LogP contribution in [0, 0.1) is 6.92 Å². The van der Waals surface area contributed by atoms with Crippen molar-refractivity contribution in [2.24, 2.45) is 0 Å². The molecule has 3 aliphatic rings. The second-order valence-corrected chi connectivity index (χ2v) is 10.4. The third kappa shape index (κ3) is 4.55. The quantitative estimate of drug-likeness (QED) is 0.520. The largest absolute Gasteiger partial charge is 0.461 e. The highest BCUT2D eigenvalue weighted by molar-refractivity contribution is 7.22. The maximum atomic E-state index is 14.4. The molecule has 0 saturated carbocycles. The van der Waals surface area contributed by atoms with Crippen molar-refractivity contribution in [3.8, 4) is 0 Å². The summed E-state index contributed by atoms with van der Waals surface area (Å²) in [5.41, 5.74) is 0.987. The normalized spacial score (nSPS) is 23.7. The van der Waals surface area contributed by atoms with E-state index in [0.717, 1.165) is 28.6 Å². The molecule has 6 rings (SSSR count). The van der Waals surface area contributed by atoms with Gasteiger partial charge in [-0.1, -0.05) is 11.3 Å². The molecule has 37 heavy (non-hydrogen) atoms. The monoisotopic (exact) mass is 525 g/mol. The van der Waals surface area contributed by atoms with E-state index in [1.165, 1.54) is 17.6 Å². The fourth-order valence-corrected chi connectivity index (χ4v) is 5.88. The number of pyridine rings is 2. The predicted octanol–water partition coefficient (Wildman–Crippen LogP) is 3.05. The molecule has 10 nitrogen and oxygen atoms in total. The van der Waals surface area contributed by atoms with E-state index in [1.54, 1.807) is 24.5 Å². The Bertz CT molecular complexity index is 1340. The fraction of sp³-hybridized carbons (Fsp3) is 0.440. The van der Waals surface area contributed by atoms with Crippen LogP contribution in [0.25, 0.3) is 10.3 Å². The van der Waals surface area contributed by atoms with E-state index in [-0.39, 0.29) is 6.54 Å². The summed E-state index contributed by atoms with van der Waals surface area (Å²) in [6.07, 6.45) is 4.96. The van der Waals surface area contributed by atoms with Gasteiger partial charge in [-0.3, -0.25) is 9.78 Å². The number of carbonyl (C=O) groups excluding carboxylic acids is 1. The zero-order valence-electron chi connectivity index (χ0n) is 20.4. The predicted molar refractivity (Wildman–Crippen MR) is 139 cm³/mol. The number of rotatable bonds is 5. The van der Waals surface area contributed by atoms with Gasteiger partial charge in [-0.15, -0.1) is 0 Å². The molecule has 194 valence electrons. The molecular formula is C25H28FN7O3S. The van der Waals surface area contributed by atoms with Gasteiger partial charge in [-0.05, 0) is 38.0 Å². The van der Waals surface area contributed by atoms with Gasteiger partial charge in [0.2, 0.25) is 0 Å². The molecule has 0 aliphatic carbocycles. The number of halogens is 1. The van der Waals surface area contributed by atoms with Gasteiger partial charge in [0.25, 0.3) is 11.6 Å². The molecule has 2 atom stereocenters. The van der Waals surface area contributed by atoms with Crippen LogP contribution >= 0.6 is 11.3 Å². The lowest BCUT2D eigenvalue weighted by Crippen LogP contribution is -2.49. The molecule has 2 fully saturated rings. The fourth-order valence-electron chi connectivity index (χ4n) is 4.88. The Balaban J connectivity index is 1.38. The second-order valence-electron chi connectivity index (χ2n) is 9.35. The van der Waals surface area contributed by atoms with Crippen molar-refractivity contribution < 1.29 is 18.7 Å². The number of fused-ring (bicyclic) bond motifs is 1. The number of ether oxygens (including phenoxy) is 2. The van der Waals surface area contributed by atoms with Gasteiger partial charge < -0.3 is 29.9 Å². The molecule has 0 radical (unpaired) electrons. The number of hydrogen-bond donors (Lipinski definition) is 2. The number of aryl methyl sites for hydroxylation is 1. The first-order valence-corrected chi connectivity index (χ1v) is 13.2. The van der Waals surface area contributed by atoms with Crippen LogP contribution in [-0.4, -0.2) is 66.4 Å². The van der Waals surface area contributed by atoms with Crippen molar-refractivity contribution in [2.75, 3.05) is 54.5 Å². The molecule has 0 spiro atoms. The Morgan fingerprint density at radius 2 is 2.11 bits per heavy atom. The minimum atomic E-state index is -1.46. The van der Waals surface area contributed by atoms with E-state index in [4.69, 9.17) is 19.4 Å². The van der Waals surface area contributed by atoms with Crippen LogP contribution in [0.3, 0.4) is 0 Å². The highest BCUT2D eigenvalue weighted by Gasteiger charge is 2.44. The molecule has 6 heterocycles. The first kappa shape index (κ1) is 23.9. The zero-order chi connectivity index (χ0) is 25.4. The van der Waals surface area contributed by atoms with Crippen molar-refractivity contribution in [3.05, 3.63) is 48.1 Å². The number of nitrogens with zero attached hydrogens (tertiary/aromatic N) is 5. The maximum absolute atomic E-state index is 14.4. The van der Waals surface area contributed by atoms with Crippen LogP contribution in [0.5, 0.6) is 0 Å². The summed E-state index contributed by atoms with van der Waals surface area (Å²) in [6.45, 7) is 5.54. The van der Waals surface area contributed by atoms with Crippen LogP contribution in [0.1, 0.15) is 24.1 Å². The van der Waals surface area contributed by atoms with Crippen molar-refractivity contribution >= 4 is 44.2 Å². The number of morpholine rings is 1. The van der Waals surface area contributed by atoms with Crippen LogP contribution < -0.4 is 20.4 Å². The SMILES string of the molecule is Cc1cc([C@]2(C(=O)Nc3cc4sc(N5CCOCC5)nc4nc3N3CCCC(F)C3)NC=CO2)ccn1. The summed E-state index contributed by atoms with van der Waals surface area (Å²) in [5, 5.41) is 6.95. The average Bonchev–Trinajstić information content (AvgIpc) is 3.57. The summed E-state index contributed by atoms with van der Waals surface area (Å²) in [4.78, 5) is 31.7. The average molecular weight is 526 g/mol. The summed E-state index contributed by atoms with van der Waals surface area (Å²) in [7, 11) is 0. The lowest BCUT2D eigenvalue weighted by molar-refractivity contribution is -0.136. The van der Waals surface area contributed by atoms with Gasteiger partial charge in [0.05, 0.1) is 30.1 Å². The number of hydrogen-bond acceptors (Lipinski definition) is 10. The molecule has 3 aromatic heterocycles. The van der Waals surface area contributed by atoms with E-state index in [1.807, 2.05) is 17.9 Å². The van der Waals surface area contributed by atoms with Crippen LogP contribution in [0.4, 0.5) is 21.0 Å². The second kappa shape index (κ2) is 9.75. The van der Waals surface area contributed by atoms with E-state index in [2.05, 4.69) is 20.5 Å². The van der Waals surface area contributed by atoms with Crippen LogP contribution in [-0.2, 0) is 20.0 Å². The number of alkyl halides is 1. The molecule has 3 aromatic rings. The van der Waals surface area contributed by atoms with Gasteiger partial charge in [-0.2, -0.15) is 4.98 Å². The van der Waals surface area contributed by atoms with E-state index in [0.29, 0.717) is 55.3 Å². The van der Waals surface area contributed by atoms with E-state index < -0.39 is 17.8 Å². The minimum Gasteiger partial charge on any atom is -0.461 e. The Morgan fingerprint density at radius 1 is 1.24 bits per heavy atom. The lowest BCUT2D eigenvalue weighted by Gasteiger charge is -2.32. The third-order valence-electron chi connectivity index (χ3n) is 6.77. The summed E-state index contributed by atoms with van der Waals surface area (Å²) >= 11 is 1.52. The van der Waals surface area contributed by atoms with Crippen molar-refractivity contribution in [1.29, 1.82) is 0 Å². The number of nitrogens with one attached hydrogen (secondary N) is 2. The van der Waals surface area contributed by atoms with Gasteiger partial charge in [0.1, 0.15) is 12.4 Å².